The third-order valence-electron chi connectivity index (χ3n) is 7.64. The highest BCUT2D eigenvalue weighted by molar-refractivity contribution is 7.91. The molecule has 2 atom stereocenters. The third kappa shape index (κ3) is 4.76. The summed E-state index contributed by atoms with van der Waals surface area (Å²) in [6.45, 7) is 0.622. The van der Waals surface area contributed by atoms with E-state index in [0.717, 1.165) is 62.5 Å². The van der Waals surface area contributed by atoms with E-state index in [1.54, 1.807) is 5.38 Å². The van der Waals surface area contributed by atoms with Gasteiger partial charge >= 0.3 is 0 Å². The summed E-state index contributed by atoms with van der Waals surface area (Å²) in [4.78, 5) is 15.5. The number of nitrogens with zero attached hydrogens (tertiary/aromatic N) is 2. The maximum atomic E-state index is 13.7. The molecule has 1 aromatic rings. The van der Waals surface area contributed by atoms with Crippen LogP contribution in [0.25, 0.3) is 0 Å². The van der Waals surface area contributed by atoms with Gasteiger partial charge in [0.1, 0.15) is 31.1 Å². The molecule has 2 aliphatic carbocycles. The fourth-order valence-corrected chi connectivity index (χ4v) is 9.20. The molecule has 2 N–H and O–H groups in total. The lowest BCUT2D eigenvalue weighted by Crippen LogP contribution is -2.51. The van der Waals surface area contributed by atoms with E-state index in [2.05, 4.69) is 9.71 Å². The molecule has 0 aromatic carbocycles. The molecule has 192 valence electrons. The SMILES string of the molecule is CS(=O)(=O)CCc1csc2c1S(=O)(=O)N=C(C1=C(O)C3CCCC3N(CC3CCCCC3)C1=O)N2. The summed E-state index contributed by atoms with van der Waals surface area (Å²) >= 11 is 1.13. The number of amidine groups is 1. The number of sulfonamides is 1. The molecule has 2 unspecified atom stereocenters. The van der Waals surface area contributed by atoms with Crippen LogP contribution in [0.5, 0.6) is 0 Å². The van der Waals surface area contributed by atoms with Crippen LogP contribution in [0, 0.1) is 11.8 Å². The van der Waals surface area contributed by atoms with Crippen molar-refractivity contribution in [1.29, 1.82) is 0 Å². The van der Waals surface area contributed by atoms with Crippen molar-refractivity contribution in [1.82, 2.24) is 4.90 Å². The van der Waals surface area contributed by atoms with Crippen molar-refractivity contribution >= 4 is 47.9 Å². The minimum Gasteiger partial charge on any atom is -0.511 e. The average Bonchev–Trinajstić information content (AvgIpc) is 3.43. The van der Waals surface area contributed by atoms with Crippen LogP contribution in [0.4, 0.5) is 5.00 Å². The number of rotatable bonds is 6. The topological polar surface area (TPSA) is 133 Å². The first-order valence-electron chi connectivity index (χ1n) is 12.2. The van der Waals surface area contributed by atoms with Crippen LogP contribution in [0.1, 0.15) is 56.9 Å². The molecule has 2 fully saturated rings. The Morgan fingerprint density at radius 1 is 1.17 bits per heavy atom. The molecule has 1 amide bonds. The average molecular weight is 542 g/mol. The zero-order valence-electron chi connectivity index (χ0n) is 19.7. The Hall–Kier alpha value is -1.92. The minimum absolute atomic E-state index is 0.0453. The molecule has 2 aliphatic heterocycles. The van der Waals surface area contributed by atoms with E-state index >= 15 is 0 Å². The quantitative estimate of drug-likeness (QED) is 0.565. The van der Waals surface area contributed by atoms with Gasteiger partial charge in [-0.15, -0.1) is 15.7 Å². The number of hydrogen-bond donors (Lipinski definition) is 2. The second kappa shape index (κ2) is 9.19. The van der Waals surface area contributed by atoms with Crippen LogP contribution in [0.2, 0.25) is 0 Å². The van der Waals surface area contributed by atoms with Gasteiger partial charge in [0.05, 0.1) is 5.75 Å². The summed E-state index contributed by atoms with van der Waals surface area (Å²) in [5.74, 6) is -0.553. The normalized spacial score (nSPS) is 26.8. The Labute approximate surface area is 210 Å². The predicted molar refractivity (Wildman–Crippen MR) is 135 cm³/mol. The first-order valence-corrected chi connectivity index (χ1v) is 16.6. The number of sulfone groups is 1. The summed E-state index contributed by atoms with van der Waals surface area (Å²) in [5, 5.41) is 16.0. The van der Waals surface area contributed by atoms with Crippen molar-refractivity contribution in [2.24, 2.45) is 16.2 Å². The van der Waals surface area contributed by atoms with E-state index in [0.29, 0.717) is 23.0 Å². The zero-order chi connectivity index (χ0) is 25.0. The minimum atomic E-state index is -4.18. The van der Waals surface area contributed by atoms with Gasteiger partial charge in [-0.2, -0.15) is 8.42 Å². The zero-order valence-corrected chi connectivity index (χ0v) is 22.1. The Bertz CT molecular complexity index is 1310. The maximum Gasteiger partial charge on any atom is 0.287 e. The molecule has 0 bridgehead atoms. The number of carbonyl (C=O) groups excluding carboxylic acids is 1. The first kappa shape index (κ1) is 24.8. The van der Waals surface area contributed by atoms with E-state index in [9.17, 15) is 26.7 Å². The fourth-order valence-electron chi connectivity index (χ4n) is 5.93. The summed E-state index contributed by atoms with van der Waals surface area (Å²) in [7, 11) is -7.45. The van der Waals surface area contributed by atoms with Crippen molar-refractivity contribution in [2.45, 2.75) is 68.7 Å². The molecule has 12 heteroatoms. The van der Waals surface area contributed by atoms with Gasteiger partial charge in [-0.05, 0) is 49.0 Å². The summed E-state index contributed by atoms with van der Waals surface area (Å²) in [6.07, 6.45) is 9.33. The van der Waals surface area contributed by atoms with Gasteiger partial charge in [0, 0.05) is 24.8 Å². The van der Waals surface area contributed by atoms with Crippen molar-refractivity contribution in [3.8, 4) is 0 Å². The smallest absolute Gasteiger partial charge is 0.287 e. The molecule has 2 saturated carbocycles. The number of carbonyl (C=O) groups is 1. The maximum absolute atomic E-state index is 13.7. The van der Waals surface area contributed by atoms with E-state index < -0.39 is 19.9 Å². The van der Waals surface area contributed by atoms with Gasteiger partial charge in [0.15, 0.2) is 5.84 Å². The van der Waals surface area contributed by atoms with E-state index in [1.165, 1.54) is 6.42 Å². The van der Waals surface area contributed by atoms with E-state index in [4.69, 9.17) is 0 Å². The number of amides is 1. The Kier molecular flexibility index (Phi) is 6.50. The molecule has 35 heavy (non-hydrogen) atoms. The van der Waals surface area contributed by atoms with Crippen LogP contribution in [0.15, 0.2) is 26.0 Å². The van der Waals surface area contributed by atoms with Crippen LogP contribution in [-0.2, 0) is 31.1 Å². The molecule has 0 spiro atoms. The number of aliphatic hydroxyl groups excluding tert-OH is 1. The number of fused-ring (bicyclic) bond motifs is 2. The van der Waals surface area contributed by atoms with Gasteiger partial charge in [-0.1, -0.05) is 25.7 Å². The molecular weight excluding hydrogens is 510 g/mol. The van der Waals surface area contributed by atoms with Crippen molar-refractivity contribution in [3.63, 3.8) is 0 Å². The summed E-state index contributed by atoms with van der Waals surface area (Å²) in [5.41, 5.74) is 0.331. The molecule has 9 nitrogen and oxygen atoms in total. The third-order valence-corrected chi connectivity index (χ3v) is 11.1. The summed E-state index contributed by atoms with van der Waals surface area (Å²) in [6, 6.07) is -0.0612. The van der Waals surface area contributed by atoms with Crippen LogP contribution in [-0.4, -0.2) is 63.2 Å². The molecule has 5 rings (SSSR count). The number of aryl methyl sites for hydroxylation is 1. The number of hydrogen-bond acceptors (Lipinski definition) is 8. The lowest BCUT2D eigenvalue weighted by molar-refractivity contribution is -0.132. The van der Waals surface area contributed by atoms with Gasteiger partial charge < -0.3 is 15.3 Å². The lowest BCUT2D eigenvalue weighted by atomic mass is 9.85. The fraction of sp³-hybridized carbons (Fsp3) is 0.652. The van der Waals surface area contributed by atoms with Gasteiger partial charge in [0.2, 0.25) is 0 Å². The monoisotopic (exact) mass is 541 g/mol. The van der Waals surface area contributed by atoms with Crippen LogP contribution < -0.4 is 5.32 Å². The second-order valence-electron chi connectivity index (χ2n) is 10.2. The predicted octanol–water partition coefficient (Wildman–Crippen LogP) is 3.25. The molecular formula is C23H31N3O6S3. The van der Waals surface area contributed by atoms with Crippen molar-refractivity contribution in [2.75, 3.05) is 23.9 Å². The van der Waals surface area contributed by atoms with Crippen LogP contribution in [0.3, 0.4) is 0 Å². The first-order chi connectivity index (χ1) is 16.5. The van der Waals surface area contributed by atoms with Gasteiger partial charge in [0.25, 0.3) is 15.9 Å². The number of aliphatic hydroxyl groups is 1. The Balaban J connectivity index is 1.48. The van der Waals surface area contributed by atoms with Crippen molar-refractivity contribution < 1.29 is 26.7 Å². The van der Waals surface area contributed by atoms with Gasteiger partial charge in [-0.25, -0.2) is 8.42 Å². The highest BCUT2D eigenvalue weighted by Gasteiger charge is 2.47. The highest BCUT2D eigenvalue weighted by atomic mass is 32.2. The van der Waals surface area contributed by atoms with E-state index in [-0.39, 0.29) is 52.1 Å². The molecule has 1 aromatic heterocycles. The Morgan fingerprint density at radius 2 is 1.91 bits per heavy atom. The standard InChI is InChI=1S/C23H31N3O6S3/c1-34(29,30)11-10-15-13-33-22-20(15)35(31,32)25-21(24-22)18-19(27)16-8-5-9-17(16)26(23(18)28)12-14-6-3-2-4-7-14/h13-14,16-17,27H,2-12H2,1H3,(H,24,25). The number of anilines is 1. The largest absolute Gasteiger partial charge is 0.511 e. The van der Waals surface area contributed by atoms with Gasteiger partial charge in [-0.3, -0.25) is 4.79 Å². The number of thiophene rings is 1. The highest BCUT2D eigenvalue weighted by Crippen LogP contribution is 2.43. The molecule has 0 saturated heterocycles. The molecule has 4 aliphatic rings. The molecule has 0 radical (unpaired) electrons. The Morgan fingerprint density at radius 3 is 2.63 bits per heavy atom. The lowest BCUT2D eigenvalue weighted by Gasteiger charge is -2.41. The second-order valence-corrected chi connectivity index (χ2v) is 14.8. The van der Waals surface area contributed by atoms with E-state index in [1.807, 2.05) is 4.90 Å². The van der Waals surface area contributed by atoms with Crippen molar-refractivity contribution in [3.05, 3.63) is 22.3 Å². The number of nitrogens with one attached hydrogen (secondary N) is 1. The van der Waals surface area contributed by atoms with Crippen LogP contribution >= 0.6 is 11.3 Å². The molecule has 3 heterocycles. The summed E-state index contributed by atoms with van der Waals surface area (Å²) < 4.78 is 53.4.